The first kappa shape index (κ1) is 46.4. The molecule has 64 heavy (non-hydrogen) atoms. The van der Waals surface area contributed by atoms with Crippen molar-refractivity contribution in [2.75, 3.05) is 39.3 Å². The first-order valence-electron chi connectivity index (χ1n) is 21.7. The van der Waals surface area contributed by atoms with Crippen LogP contribution in [0.2, 0.25) is 0 Å². The van der Waals surface area contributed by atoms with Gasteiger partial charge >= 0.3 is 6.03 Å². The Labute approximate surface area is 376 Å². The lowest BCUT2D eigenvalue weighted by molar-refractivity contribution is 0.168. The third-order valence-electron chi connectivity index (χ3n) is 12.6. The fourth-order valence-electron chi connectivity index (χ4n) is 9.85. The van der Waals surface area contributed by atoms with E-state index >= 15 is 0 Å². The van der Waals surface area contributed by atoms with Crippen molar-refractivity contribution >= 4 is 44.7 Å². The van der Waals surface area contributed by atoms with Crippen LogP contribution in [-0.2, 0) is 0 Å². The van der Waals surface area contributed by atoms with Gasteiger partial charge in [-0.3, -0.25) is 20.4 Å². The summed E-state index contributed by atoms with van der Waals surface area (Å²) >= 11 is 0. The number of guanidine groups is 1. The van der Waals surface area contributed by atoms with E-state index in [2.05, 4.69) is 71.4 Å². The Kier molecular flexibility index (Phi) is 15.1. The highest BCUT2D eigenvalue weighted by Gasteiger charge is 2.30. The summed E-state index contributed by atoms with van der Waals surface area (Å²) in [5.41, 5.74) is 19.0. The summed E-state index contributed by atoms with van der Waals surface area (Å²) in [6.07, 6.45) is 8.43. The summed E-state index contributed by atoms with van der Waals surface area (Å²) in [7, 11) is 0. The Balaban J connectivity index is 0.000000159. The number of urea groups is 1. The monoisotopic (exact) mass is 854 g/mol. The quantitative estimate of drug-likeness (QED) is 0.0982. The van der Waals surface area contributed by atoms with Crippen LogP contribution >= 0.6 is 0 Å². The van der Waals surface area contributed by atoms with Crippen molar-refractivity contribution in [2.24, 2.45) is 29.2 Å². The maximum atomic E-state index is 11.5. The van der Waals surface area contributed by atoms with E-state index in [0.29, 0.717) is 59.4 Å². The molecule has 0 bridgehead atoms. The molecule has 9 rings (SSSR count). The molecule has 3 saturated heterocycles. The molecule has 3 aliphatic rings. The Bertz CT molecular complexity index is 2640. The van der Waals surface area contributed by atoms with Gasteiger partial charge in [-0.15, -0.1) is 0 Å². The Morgan fingerprint density at radius 1 is 0.594 bits per heavy atom. The first-order chi connectivity index (χ1) is 30.5. The molecule has 3 aliphatic heterocycles. The standard InChI is InChI=1S/C17H19N5.C17H18N4O.C16H17N3.CH4/c1-11-7-13(10-22(9-11)17(19)20)14-5-4-12(8-18)16-15(14)3-2-6-21-16;1-11-7-13(10-21(9-11)17(19)22)14-5-4-12(8-18)16-15(14)3-2-6-20-16;1-11-7-13(10-18-9-11)14-5-4-12(8-17)16-15(14)3-2-6-19-16;/h2-6,11,13H,7,9-10H2,1H3,(H3,19,20);2-6,11,13H,7,9-10H2,1H3,(H2,19,22);2-6,11,13,18H,7,9-10H2,1H3;1H4/t2*11-,13+;11-,13?;/m111./s1. The molecule has 13 nitrogen and oxygen atoms in total. The van der Waals surface area contributed by atoms with Crippen molar-refractivity contribution in [2.45, 2.75) is 65.2 Å². The van der Waals surface area contributed by atoms with E-state index in [1.54, 1.807) is 23.5 Å². The van der Waals surface area contributed by atoms with E-state index in [4.69, 9.17) is 16.9 Å². The smallest absolute Gasteiger partial charge is 0.314 e. The number of nitrogens with two attached hydrogens (primary N) is 2. The van der Waals surface area contributed by atoms with Crippen molar-refractivity contribution in [3.05, 3.63) is 125 Å². The van der Waals surface area contributed by atoms with Crippen molar-refractivity contribution in [3.8, 4) is 18.2 Å². The van der Waals surface area contributed by atoms with Crippen LogP contribution in [0.5, 0.6) is 0 Å². The summed E-state index contributed by atoms with van der Waals surface area (Å²) in [6, 6.07) is 29.8. The molecule has 328 valence electrons. The van der Waals surface area contributed by atoms with Gasteiger partial charge in [0.05, 0.1) is 33.2 Å². The van der Waals surface area contributed by atoms with E-state index < -0.39 is 0 Å². The maximum Gasteiger partial charge on any atom is 0.314 e. The van der Waals surface area contributed by atoms with Crippen molar-refractivity contribution < 1.29 is 4.79 Å². The van der Waals surface area contributed by atoms with Gasteiger partial charge in [-0.25, -0.2) is 4.79 Å². The third kappa shape index (κ3) is 10.2. The topological polar surface area (TPSA) is 222 Å². The number of carbonyl (C=O) groups excluding carboxylic acids is 1. The predicted molar refractivity (Wildman–Crippen MR) is 253 cm³/mol. The van der Waals surface area contributed by atoms with E-state index in [9.17, 15) is 20.6 Å². The lowest BCUT2D eigenvalue weighted by Crippen LogP contribution is -2.45. The average molecular weight is 855 g/mol. The number of amides is 2. The number of nitrogens with one attached hydrogen (secondary N) is 2. The SMILES string of the molecule is C.C[C@@H]1C[C@H](c2ccc(C#N)c3ncccc23)CN(C(=N)N)C1.C[C@@H]1C[C@H](c2ccc(C#N)c3ncccc23)CN(C(N)=O)C1.C[C@H]1CNCC(c2ccc(C#N)c3ncccc23)C1. The number of fused-ring (bicyclic) bond motifs is 3. The Morgan fingerprint density at radius 2 is 0.984 bits per heavy atom. The second-order valence-electron chi connectivity index (χ2n) is 17.4. The molecule has 3 aromatic carbocycles. The van der Waals surface area contributed by atoms with Crippen LogP contribution < -0.4 is 16.8 Å². The van der Waals surface area contributed by atoms with Crippen molar-refractivity contribution in [1.29, 1.82) is 21.2 Å². The summed E-state index contributed by atoms with van der Waals surface area (Å²) in [5.74, 6) is 2.73. The molecular formula is C51H58N12O. The van der Waals surface area contributed by atoms with Crippen LogP contribution in [0, 0.1) is 57.2 Å². The molecular weight excluding hydrogens is 797 g/mol. The second kappa shape index (κ2) is 20.8. The molecule has 1 unspecified atom stereocenters. The molecule has 0 saturated carbocycles. The number of carbonyl (C=O) groups is 1. The number of aromatic nitrogens is 3. The number of nitrogens with zero attached hydrogens (tertiary/aromatic N) is 8. The summed E-state index contributed by atoms with van der Waals surface area (Å²) in [6.45, 7) is 11.6. The number of piperidine rings is 3. The van der Waals surface area contributed by atoms with Gasteiger partial charge < -0.3 is 26.6 Å². The lowest BCUT2D eigenvalue weighted by Gasteiger charge is -2.37. The fraction of sp³-hybridized carbons (Fsp3) is 0.373. The number of pyridine rings is 3. The average Bonchev–Trinajstić information content (AvgIpc) is 3.30. The van der Waals surface area contributed by atoms with Crippen LogP contribution in [0.4, 0.5) is 4.79 Å². The summed E-state index contributed by atoms with van der Waals surface area (Å²) < 4.78 is 0. The number of hydrogen-bond donors (Lipinski definition) is 4. The van der Waals surface area contributed by atoms with Gasteiger partial charge in [-0.1, -0.05) is 64.6 Å². The lowest BCUT2D eigenvalue weighted by atomic mass is 9.83. The molecule has 3 aromatic heterocycles. The van der Waals surface area contributed by atoms with Crippen LogP contribution in [-0.4, -0.2) is 76.0 Å². The zero-order valence-electron chi connectivity index (χ0n) is 36.1. The number of benzene rings is 3. The van der Waals surface area contributed by atoms with Crippen LogP contribution in [0.3, 0.4) is 0 Å². The largest absolute Gasteiger partial charge is 0.370 e. The zero-order valence-corrected chi connectivity index (χ0v) is 36.1. The molecule has 0 spiro atoms. The van der Waals surface area contributed by atoms with Crippen molar-refractivity contribution in [3.63, 3.8) is 0 Å². The zero-order chi connectivity index (χ0) is 44.6. The molecule has 6 atom stereocenters. The van der Waals surface area contributed by atoms with Gasteiger partial charge in [-0.2, -0.15) is 15.8 Å². The normalized spacial score (nSPS) is 21.7. The predicted octanol–water partition coefficient (Wildman–Crippen LogP) is 8.49. The molecule has 6 aromatic rings. The van der Waals surface area contributed by atoms with Gasteiger partial charge in [0.25, 0.3) is 0 Å². The molecule has 0 aliphatic carbocycles. The molecule has 2 amide bonds. The van der Waals surface area contributed by atoms with Gasteiger partial charge in [0.1, 0.15) is 18.2 Å². The number of primary amides is 1. The minimum absolute atomic E-state index is 0. The van der Waals surface area contributed by atoms with E-state index in [1.165, 1.54) is 17.5 Å². The highest BCUT2D eigenvalue weighted by Crippen LogP contribution is 2.37. The number of hydrogen-bond acceptors (Lipinski definition) is 9. The second-order valence-corrected chi connectivity index (χ2v) is 17.4. The molecule has 6 heterocycles. The highest BCUT2D eigenvalue weighted by atomic mass is 16.2. The molecule has 6 N–H and O–H groups in total. The molecule has 13 heteroatoms. The van der Waals surface area contributed by atoms with Crippen molar-refractivity contribution in [1.82, 2.24) is 30.1 Å². The van der Waals surface area contributed by atoms with Gasteiger partial charge in [0, 0.05) is 79.3 Å². The Hall–Kier alpha value is -7.14. The Morgan fingerprint density at radius 3 is 1.38 bits per heavy atom. The maximum absolute atomic E-state index is 11.5. The van der Waals surface area contributed by atoms with Gasteiger partial charge in [0.15, 0.2) is 5.96 Å². The van der Waals surface area contributed by atoms with Crippen LogP contribution in [0.1, 0.15) is 98.6 Å². The minimum atomic E-state index is -0.368. The fourth-order valence-corrected chi connectivity index (χ4v) is 9.85. The van der Waals surface area contributed by atoms with Gasteiger partial charge in [-0.05, 0) is 103 Å². The number of nitriles is 3. The number of rotatable bonds is 3. The van der Waals surface area contributed by atoms with Crippen LogP contribution in [0.15, 0.2) is 91.4 Å². The third-order valence-corrected chi connectivity index (χ3v) is 12.6. The minimum Gasteiger partial charge on any atom is -0.370 e. The summed E-state index contributed by atoms with van der Waals surface area (Å²) in [5, 5.41) is 42.0. The summed E-state index contributed by atoms with van der Waals surface area (Å²) in [4.78, 5) is 28.3. The number of likely N-dealkylation sites (tertiary alicyclic amines) is 2. The molecule has 0 radical (unpaired) electrons. The van der Waals surface area contributed by atoms with E-state index in [0.717, 1.165) is 77.3 Å². The molecule has 3 fully saturated rings. The van der Waals surface area contributed by atoms with E-state index in [1.807, 2.05) is 65.6 Å². The first-order valence-corrected chi connectivity index (χ1v) is 21.7. The highest BCUT2D eigenvalue weighted by molar-refractivity contribution is 5.89. The van der Waals surface area contributed by atoms with Crippen LogP contribution in [0.25, 0.3) is 32.7 Å². The van der Waals surface area contributed by atoms with Gasteiger partial charge in [0.2, 0.25) is 0 Å². The van der Waals surface area contributed by atoms with E-state index in [-0.39, 0.29) is 25.3 Å².